The molecule has 0 bridgehead atoms. The van der Waals surface area contributed by atoms with Gasteiger partial charge in [0.25, 0.3) is 0 Å². The molecule has 2 heterocycles. The molecule has 2 amide bonds. The summed E-state index contributed by atoms with van der Waals surface area (Å²) in [7, 11) is 0. The van der Waals surface area contributed by atoms with Gasteiger partial charge in [0, 0.05) is 17.1 Å². The number of thiophene rings is 1. The third-order valence-electron chi connectivity index (χ3n) is 6.67. The first-order valence-electron chi connectivity index (χ1n) is 12.4. The minimum atomic E-state index is -0.193. The summed E-state index contributed by atoms with van der Waals surface area (Å²) in [5.74, 6) is 0.869. The van der Waals surface area contributed by atoms with Crippen molar-refractivity contribution >= 4 is 45.6 Å². The van der Waals surface area contributed by atoms with Gasteiger partial charge in [-0.2, -0.15) is 5.26 Å². The van der Waals surface area contributed by atoms with Crippen molar-refractivity contribution < 1.29 is 9.59 Å². The Labute approximate surface area is 225 Å². The smallest absolute Gasteiger partial charge is 0.235 e. The molecule has 2 N–H and O–H groups in total. The van der Waals surface area contributed by atoms with Crippen molar-refractivity contribution in [2.24, 2.45) is 11.3 Å². The molecule has 37 heavy (non-hydrogen) atoms. The van der Waals surface area contributed by atoms with Crippen LogP contribution in [0.15, 0.2) is 35.5 Å². The number of amides is 2. The molecule has 1 atom stereocenters. The van der Waals surface area contributed by atoms with E-state index < -0.39 is 0 Å². The fourth-order valence-corrected chi connectivity index (χ4v) is 6.68. The molecule has 10 heteroatoms. The monoisotopic (exact) mass is 536 g/mol. The summed E-state index contributed by atoms with van der Waals surface area (Å²) in [6.45, 7) is 9.31. The highest BCUT2D eigenvalue weighted by molar-refractivity contribution is 7.99. The first-order chi connectivity index (χ1) is 17.7. The summed E-state index contributed by atoms with van der Waals surface area (Å²) >= 11 is 2.80. The topological polar surface area (TPSA) is 113 Å². The second-order valence-corrected chi connectivity index (χ2v) is 12.2. The molecule has 8 nitrogen and oxygen atoms in total. The molecule has 0 spiro atoms. The predicted molar refractivity (Wildman–Crippen MR) is 148 cm³/mol. The number of carbonyl (C=O) groups is 2. The largest absolute Gasteiger partial charge is 0.326 e. The number of rotatable bonds is 8. The van der Waals surface area contributed by atoms with Crippen LogP contribution in [0.2, 0.25) is 0 Å². The zero-order chi connectivity index (χ0) is 26.6. The van der Waals surface area contributed by atoms with Gasteiger partial charge in [0.15, 0.2) is 5.16 Å². The van der Waals surface area contributed by atoms with Crippen molar-refractivity contribution in [3.05, 3.63) is 52.2 Å². The van der Waals surface area contributed by atoms with E-state index in [2.05, 4.69) is 47.7 Å². The lowest BCUT2D eigenvalue weighted by molar-refractivity contribution is -0.116. The fourth-order valence-electron chi connectivity index (χ4n) is 4.57. The zero-order valence-corrected chi connectivity index (χ0v) is 23.3. The lowest BCUT2D eigenvalue weighted by atomic mass is 9.72. The molecule has 194 valence electrons. The van der Waals surface area contributed by atoms with E-state index in [1.807, 2.05) is 41.8 Å². The minimum absolute atomic E-state index is 0.0876. The molecule has 0 aliphatic heterocycles. The predicted octanol–water partition coefficient (Wildman–Crippen LogP) is 5.29. The Balaban J connectivity index is 1.37. The van der Waals surface area contributed by atoms with Crippen molar-refractivity contribution in [3.63, 3.8) is 0 Å². The van der Waals surface area contributed by atoms with E-state index in [1.165, 1.54) is 28.0 Å². The summed E-state index contributed by atoms with van der Waals surface area (Å²) < 4.78 is 1.85. The van der Waals surface area contributed by atoms with Gasteiger partial charge in [-0.15, -0.1) is 21.5 Å². The molecule has 0 fully saturated rings. The molecule has 1 aromatic carbocycles. The molecule has 4 rings (SSSR count). The van der Waals surface area contributed by atoms with Crippen LogP contribution < -0.4 is 10.6 Å². The molecule has 0 saturated heterocycles. The lowest BCUT2D eigenvalue weighted by Crippen LogP contribution is -2.26. The van der Waals surface area contributed by atoms with Crippen molar-refractivity contribution in [1.82, 2.24) is 14.8 Å². The normalized spacial score (nSPS) is 15.1. The second-order valence-electron chi connectivity index (χ2n) is 10.2. The maximum absolute atomic E-state index is 12.8. The summed E-state index contributed by atoms with van der Waals surface area (Å²) in [4.78, 5) is 26.5. The number of nitriles is 1. The molecule has 1 aliphatic rings. The van der Waals surface area contributed by atoms with E-state index in [9.17, 15) is 14.9 Å². The quantitative estimate of drug-likeness (QED) is 0.378. The third-order valence-corrected chi connectivity index (χ3v) is 8.81. The Morgan fingerprint density at radius 3 is 2.62 bits per heavy atom. The summed E-state index contributed by atoms with van der Waals surface area (Å²) in [5.41, 5.74) is 2.64. The number of hydrogen-bond acceptors (Lipinski definition) is 7. The molecule has 0 unspecified atom stereocenters. The van der Waals surface area contributed by atoms with Crippen LogP contribution in [-0.4, -0.2) is 32.3 Å². The van der Waals surface area contributed by atoms with Crippen molar-refractivity contribution in [2.75, 3.05) is 16.4 Å². The number of para-hydroxylation sites is 1. The number of anilines is 2. The maximum atomic E-state index is 12.8. The highest BCUT2D eigenvalue weighted by atomic mass is 32.2. The number of nitrogens with zero attached hydrogens (tertiary/aromatic N) is 4. The van der Waals surface area contributed by atoms with Crippen LogP contribution >= 0.6 is 23.1 Å². The Bertz CT molecular complexity index is 1320. The van der Waals surface area contributed by atoms with E-state index >= 15 is 0 Å². The number of nitrogens with one attached hydrogen (secondary N) is 2. The number of aromatic nitrogens is 3. The van der Waals surface area contributed by atoms with Gasteiger partial charge in [-0.3, -0.25) is 9.59 Å². The number of carbonyl (C=O) groups excluding carboxylic acids is 2. The molecular formula is C27H32N6O2S2. The summed E-state index contributed by atoms with van der Waals surface area (Å²) in [6.07, 6.45) is 2.97. The van der Waals surface area contributed by atoms with Gasteiger partial charge in [-0.1, -0.05) is 50.7 Å². The fraction of sp³-hybridized carbons (Fsp3) is 0.444. The number of thioether (sulfide) groups is 1. The van der Waals surface area contributed by atoms with Crippen LogP contribution in [0, 0.1) is 22.7 Å². The number of fused-ring (bicyclic) bond motifs is 1. The van der Waals surface area contributed by atoms with Gasteiger partial charge in [0.2, 0.25) is 11.8 Å². The molecule has 2 aromatic heterocycles. The van der Waals surface area contributed by atoms with Gasteiger partial charge < -0.3 is 15.2 Å². The van der Waals surface area contributed by atoms with Crippen LogP contribution in [0.4, 0.5) is 10.7 Å². The Morgan fingerprint density at radius 1 is 1.19 bits per heavy atom. The maximum Gasteiger partial charge on any atom is 0.235 e. The molecule has 0 saturated carbocycles. The van der Waals surface area contributed by atoms with Crippen LogP contribution in [0.1, 0.15) is 55.9 Å². The first kappa shape index (κ1) is 26.9. The second kappa shape index (κ2) is 11.5. The van der Waals surface area contributed by atoms with Gasteiger partial charge in [-0.05, 0) is 55.2 Å². The highest BCUT2D eigenvalue weighted by Gasteiger charge is 2.32. The van der Waals surface area contributed by atoms with Crippen LogP contribution in [0.5, 0.6) is 0 Å². The van der Waals surface area contributed by atoms with Gasteiger partial charge >= 0.3 is 0 Å². The average Bonchev–Trinajstić information content (AvgIpc) is 3.41. The van der Waals surface area contributed by atoms with Gasteiger partial charge in [-0.25, -0.2) is 0 Å². The highest BCUT2D eigenvalue weighted by Crippen LogP contribution is 2.44. The summed E-state index contributed by atoms with van der Waals surface area (Å²) in [5, 5.41) is 25.2. The lowest BCUT2D eigenvalue weighted by Gasteiger charge is -2.33. The van der Waals surface area contributed by atoms with Crippen LogP contribution in [-0.2, 0) is 35.4 Å². The molecule has 1 aliphatic carbocycles. The SMILES string of the molecule is CCn1c(CC(=O)Nc2ccccc2)nnc1SCC(=O)Nc1sc2c(c1C#N)CC[C@H](C(C)(C)C)C2. The number of benzene rings is 1. The van der Waals surface area contributed by atoms with Crippen LogP contribution in [0.3, 0.4) is 0 Å². The van der Waals surface area contributed by atoms with Crippen molar-refractivity contribution in [3.8, 4) is 6.07 Å². The van der Waals surface area contributed by atoms with Crippen LogP contribution in [0.25, 0.3) is 0 Å². The third kappa shape index (κ3) is 6.40. The van der Waals surface area contributed by atoms with Crippen molar-refractivity contribution in [1.29, 1.82) is 5.26 Å². The Morgan fingerprint density at radius 2 is 1.95 bits per heavy atom. The number of hydrogen-bond donors (Lipinski definition) is 2. The molecular weight excluding hydrogens is 504 g/mol. The first-order valence-corrected chi connectivity index (χ1v) is 14.2. The van der Waals surface area contributed by atoms with E-state index in [4.69, 9.17) is 0 Å². The standard InChI is InChI=1S/C27H32N6O2S2/c1-5-33-22(14-23(34)29-18-9-7-6-8-10-18)31-32-26(33)36-16-24(35)30-25-20(15-28)19-12-11-17(27(2,3)4)13-21(19)37-25/h6-10,17H,5,11-14,16H2,1-4H3,(H,29,34)(H,30,35)/t17-/m0/s1. The summed E-state index contributed by atoms with van der Waals surface area (Å²) in [6, 6.07) is 11.6. The van der Waals surface area contributed by atoms with E-state index in [1.54, 1.807) is 0 Å². The zero-order valence-electron chi connectivity index (χ0n) is 21.6. The minimum Gasteiger partial charge on any atom is -0.326 e. The van der Waals surface area contributed by atoms with E-state index in [-0.39, 0.29) is 29.4 Å². The van der Waals surface area contributed by atoms with Crippen molar-refractivity contribution in [2.45, 2.75) is 65.1 Å². The Hall–Kier alpha value is -3.16. The van der Waals surface area contributed by atoms with Gasteiger partial charge in [0.1, 0.15) is 16.9 Å². The molecule has 0 radical (unpaired) electrons. The molecule has 3 aromatic rings. The van der Waals surface area contributed by atoms with Gasteiger partial charge in [0.05, 0.1) is 17.7 Å². The van der Waals surface area contributed by atoms with E-state index in [0.717, 1.165) is 30.5 Å². The van der Waals surface area contributed by atoms with E-state index in [0.29, 0.717) is 34.0 Å². The Kier molecular flexibility index (Phi) is 8.35. The average molecular weight is 537 g/mol.